The van der Waals surface area contributed by atoms with Crippen LogP contribution in [0.25, 0.3) is 0 Å². The van der Waals surface area contributed by atoms with E-state index in [1.54, 1.807) is 4.68 Å². The molecule has 0 spiro atoms. The van der Waals surface area contributed by atoms with Crippen molar-refractivity contribution in [3.8, 4) is 0 Å². The SMILES string of the molecule is CC1CCC(n2nnnc2SCC(=O)O)CC1. The molecule has 0 aromatic carbocycles. The van der Waals surface area contributed by atoms with Gasteiger partial charge in [-0.15, -0.1) is 5.10 Å². The molecule has 1 heterocycles. The summed E-state index contributed by atoms with van der Waals surface area (Å²) in [6.45, 7) is 2.26. The van der Waals surface area contributed by atoms with Gasteiger partial charge in [-0.2, -0.15) is 0 Å². The van der Waals surface area contributed by atoms with E-state index in [1.165, 1.54) is 24.6 Å². The van der Waals surface area contributed by atoms with Crippen LogP contribution < -0.4 is 0 Å². The minimum absolute atomic E-state index is 0.00347. The third-order valence-corrected chi connectivity index (χ3v) is 4.04. The zero-order valence-corrected chi connectivity index (χ0v) is 10.6. The highest BCUT2D eigenvalue weighted by molar-refractivity contribution is 7.99. The molecular weight excluding hydrogens is 240 g/mol. The van der Waals surface area contributed by atoms with Crippen LogP contribution in [-0.4, -0.2) is 37.0 Å². The van der Waals surface area contributed by atoms with Crippen molar-refractivity contribution in [1.82, 2.24) is 20.2 Å². The van der Waals surface area contributed by atoms with Crippen LogP contribution in [0.15, 0.2) is 5.16 Å². The van der Waals surface area contributed by atoms with Crippen molar-refractivity contribution in [1.29, 1.82) is 0 Å². The second-order valence-electron chi connectivity index (χ2n) is 4.50. The molecule has 1 fully saturated rings. The number of tetrazole rings is 1. The van der Waals surface area contributed by atoms with Gasteiger partial charge >= 0.3 is 5.97 Å². The fraction of sp³-hybridized carbons (Fsp3) is 0.800. The van der Waals surface area contributed by atoms with Gasteiger partial charge in [-0.1, -0.05) is 18.7 Å². The van der Waals surface area contributed by atoms with Crippen molar-refractivity contribution >= 4 is 17.7 Å². The second-order valence-corrected chi connectivity index (χ2v) is 5.44. The standard InChI is InChI=1S/C10H16N4O2S/c1-7-2-4-8(5-3-7)14-10(11-12-13-14)17-6-9(15)16/h7-8H,2-6H2,1H3,(H,15,16). The first kappa shape index (κ1) is 12.3. The molecule has 1 aromatic heterocycles. The van der Waals surface area contributed by atoms with E-state index in [1.807, 2.05) is 0 Å². The van der Waals surface area contributed by atoms with E-state index in [-0.39, 0.29) is 5.75 Å². The van der Waals surface area contributed by atoms with Gasteiger partial charge in [-0.05, 0) is 42.0 Å². The highest BCUT2D eigenvalue weighted by atomic mass is 32.2. The van der Waals surface area contributed by atoms with Crippen molar-refractivity contribution in [2.75, 3.05) is 5.75 Å². The summed E-state index contributed by atoms with van der Waals surface area (Å²) in [5.41, 5.74) is 0. The van der Waals surface area contributed by atoms with Crippen molar-refractivity contribution in [3.05, 3.63) is 0 Å². The summed E-state index contributed by atoms with van der Waals surface area (Å²) in [4.78, 5) is 10.5. The number of thioether (sulfide) groups is 1. The number of rotatable bonds is 4. The molecule has 0 amide bonds. The first-order valence-electron chi connectivity index (χ1n) is 5.79. The minimum Gasteiger partial charge on any atom is -0.481 e. The van der Waals surface area contributed by atoms with E-state index < -0.39 is 5.97 Å². The van der Waals surface area contributed by atoms with Gasteiger partial charge in [0.1, 0.15) is 0 Å². The topological polar surface area (TPSA) is 80.9 Å². The molecular formula is C10H16N4O2S. The lowest BCUT2D eigenvalue weighted by molar-refractivity contribution is -0.133. The fourth-order valence-corrected chi connectivity index (χ4v) is 2.79. The Morgan fingerprint density at radius 1 is 1.47 bits per heavy atom. The van der Waals surface area contributed by atoms with Gasteiger partial charge in [-0.25, -0.2) is 4.68 Å². The molecule has 1 saturated carbocycles. The average Bonchev–Trinajstić information content (AvgIpc) is 2.75. The van der Waals surface area contributed by atoms with E-state index in [0.29, 0.717) is 11.2 Å². The molecule has 0 atom stereocenters. The van der Waals surface area contributed by atoms with Gasteiger partial charge in [0.25, 0.3) is 0 Å². The lowest BCUT2D eigenvalue weighted by atomic mass is 9.87. The number of hydrogen-bond acceptors (Lipinski definition) is 5. The van der Waals surface area contributed by atoms with Gasteiger partial charge in [0.05, 0.1) is 11.8 Å². The summed E-state index contributed by atoms with van der Waals surface area (Å²) in [7, 11) is 0. The Morgan fingerprint density at radius 2 is 2.18 bits per heavy atom. The second kappa shape index (κ2) is 5.48. The van der Waals surface area contributed by atoms with E-state index >= 15 is 0 Å². The maximum atomic E-state index is 10.5. The smallest absolute Gasteiger partial charge is 0.313 e. The maximum absolute atomic E-state index is 10.5. The summed E-state index contributed by atoms with van der Waals surface area (Å²) in [5, 5.41) is 20.8. The zero-order chi connectivity index (χ0) is 12.3. The van der Waals surface area contributed by atoms with E-state index in [9.17, 15) is 4.79 Å². The Labute approximate surface area is 104 Å². The van der Waals surface area contributed by atoms with Crippen LogP contribution in [-0.2, 0) is 4.79 Å². The van der Waals surface area contributed by atoms with Crippen molar-refractivity contribution in [2.24, 2.45) is 5.92 Å². The summed E-state index contributed by atoms with van der Waals surface area (Å²) in [6, 6.07) is 0.331. The Morgan fingerprint density at radius 3 is 2.82 bits per heavy atom. The molecule has 0 bridgehead atoms. The zero-order valence-electron chi connectivity index (χ0n) is 9.74. The molecule has 2 rings (SSSR count). The highest BCUT2D eigenvalue weighted by Crippen LogP contribution is 2.33. The molecule has 7 heteroatoms. The normalized spacial score (nSPS) is 24.8. The lowest BCUT2D eigenvalue weighted by Crippen LogP contribution is -2.19. The lowest BCUT2D eigenvalue weighted by Gasteiger charge is -2.26. The van der Waals surface area contributed by atoms with Gasteiger partial charge in [-0.3, -0.25) is 4.79 Å². The number of carboxylic acids is 1. The number of carbonyl (C=O) groups is 1. The molecule has 17 heavy (non-hydrogen) atoms. The number of aromatic nitrogens is 4. The van der Waals surface area contributed by atoms with Gasteiger partial charge < -0.3 is 5.11 Å². The molecule has 1 N–H and O–H groups in total. The summed E-state index contributed by atoms with van der Waals surface area (Å²) >= 11 is 1.18. The predicted molar refractivity (Wildman–Crippen MR) is 62.8 cm³/mol. The fourth-order valence-electron chi connectivity index (χ4n) is 2.12. The largest absolute Gasteiger partial charge is 0.481 e. The molecule has 0 aliphatic heterocycles. The van der Waals surface area contributed by atoms with Crippen LogP contribution in [0.4, 0.5) is 0 Å². The van der Waals surface area contributed by atoms with Crippen molar-refractivity contribution in [3.63, 3.8) is 0 Å². The molecule has 0 radical (unpaired) electrons. The number of nitrogens with zero attached hydrogens (tertiary/aromatic N) is 4. The average molecular weight is 256 g/mol. The van der Waals surface area contributed by atoms with Crippen LogP contribution >= 0.6 is 11.8 Å². The predicted octanol–water partition coefficient (Wildman–Crippen LogP) is 1.60. The molecule has 1 aromatic rings. The first-order valence-corrected chi connectivity index (χ1v) is 6.78. The van der Waals surface area contributed by atoms with Crippen molar-refractivity contribution in [2.45, 2.75) is 43.8 Å². The van der Waals surface area contributed by atoms with Gasteiger partial charge in [0.15, 0.2) is 0 Å². The highest BCUT2D eigenvalue weighted by Gasteiger charge is 2.23. The Bertz CT molecular complexity index is 387. The van der Waals surface area contributed by atoms with Crippen LogP contribution in [0, 0.1) is 5.92 Å². The molecule has 1 aliphatic carbocycles. The third kappa shape index (κ3) is 3.18. The van der Waals surface area contributed by atoms with E-state index in [0.717, 1.165) is 18.8 Å². The van der Waals surface area contributed by atoms with E-state index in [4.69, 9.17) is 5.11 Å². The van der Waals surface area contributed by atoms with Crippen LogP contribution in [0.5, 0.6) is 0 Å². The molecule has 0 unspecified atom stereocenters. The number of hydrogen-bond donors (Lipinski definition) is 1. The van der Waals surface area contributed by atoms with E-state index in [2.05, 4.69) is 22.4 Å². The Kier molecular flexibility index (Phi) is 3.98. The number of aliphatic carboxylic acids is 1. The Balaban J connectivity index is 2.00. The van der Waals surface area contributed by atoms with Gasteiger partial charge in [0.2, 0.25) is 5.16 Å². The summed E-state index contributed by atoms with van der Waals surface area (Å²) in [5.74, 6) is -0.0663. The molecule has 94 valence electrons. The molecule has 0 saturated heterocycles. The molecule has 1 aliphatic rings. The Hall–Kier alpha value is -1.11. The minimum atomic E-state index is -0.846. The molecule has 6 nitrogen and oxygen atoms in total. The van der Waals surface area contributed by atoms with Gasteiger partial charge in [0, 0.05) is 0 Å². The first-order chi connectivity index (χ1) is 8.16. The summed E-state index contributed by atoms with van der Waals surface area (Å²) in [6.07, 6.45) is 4.53. The van der Waals surface area contributed by atoms with Crippen LogP contribution in [0.1, 0.15) is 38.6 Å². The van der Waals surface area contributed by atoms with Crippen LogP contribution in [0.2, 0.25) is 0 Å². The maximum Gasteiger partial charge on any atom is 0.313 e. The number of carboxylic acid groups (broad SMARTS) is 1. The summed E-state index contributed by atoms with van der Waals surface area (Å²) < 4.78 is 1.79. The van der Waals surface area contributed by atoms with Crippen LogP contribution in [0.3, 0.4) is 0 Å². The third-order valence-electron chi connectivity index (χ3n) is 3.12. The van der Waals surface area contributed by atoms with Crippen molar-refractivity contribution < 1.29 is 9.90 Å². The monoisotopic (exact) mass is 256 g/mol. The quantitative estimate of drug-likeness (QED) is 0.824.